The summed E-state index contributed by atoms with van der Waals surface area (Å²) >= 11 is 0. The van der Waals surface area contributed by atoms with Crippen LogP contribution in [-0.4, -0.2) is 84.0 Å². The van der Waals surface area contributed by atoms with Crippen molar-refractivity contribution in [2.75, 3.05) is 32.0 Å². The molecule has 0 bridgehead atoms. The second-order valence-corrected chi connectivity index (χ2v) is 8.65. The Bertz CT molecular complexity index is 1130. The topological polar surface area (TPSA) is 105 Å². The number of imidazole rings is 1. The first-order valence-corrected chi connectivity index (χ1v) is 11.3. The number of rotatable bonds is 5. The molecule has 0 saturated carbocycles. The van der Waals surface area contributed by atoms with E-state index < -0.39 is 0 Å². The summed E-state index contributed by atoms with van der Waals surface area (Å²) in [5, 5.41) is 3.53. The number of aromatic nitrogens is 6. The Morgan fingerprint density at radius 2 is 1.97 bits per heavy atom. The standard InChI is InChI=1S/C22H29N9O/c1-4-31-20(15-10-23-14(2)24-11-15)28-18-19(25-13-26-21(18)31)27-16-7-9-30(12-16)22(32)17-6-5-8-29(17)3/h10-11,13,16-17H,4-9,12H2,1-3H3,(H,25,26,27)/t16-,17+/m0/s1. The maximum atomic E-state index is 12.9. The minimum Gasteiger partial charge on any atom is -0.364 e. The van der Waals surface area contributed by atoms with E-state index in [9.17, 15) is 4.79 Å². The number of hydrogen-bond acceptors (Lipinski definition) is 8. The van der Waals surface area contributed by atoms with Crippen molar-refractivity contribution in [3.05, 3.63) is 24.5 Å². The van der Waals surface area contributed by atoms with Gasteiger partial charge in [0.05, 0.1) is 11.6 Å². The SMILES string of the molecule is CCn1c(-c2cnc(C)nc2)nc2c(N[C@H]3CCN(C(=O)[C@H]4CCCN4C)C3)ncnc21. The van der Waals surface area contributed by atoms with Crippen molar-refractivity contribution in [2.45, 2.75) is 51.7 Å². The van der Waals surface area contributed by atoms with Crippen LogP contribution >= 0.6 is 0 Å². The fourth-order valence-electron chi connectivity index (χ4n) is 4.77. The second kappa shape index (κ2) is 8.42. The number of nitrogens with one attached hydrogen (secondary N) is 1. The van der Waals surface area contributed by atoms with Crippen molar-refractivity contribution in [1.29, 1.82) is 0 Å². The van der Waals surface area contributed by atoms with Gasteiger partial charge >= 0.3 is 0 Å². The minimum atomic E-state index is 0.0269. The van der Waals surface area contributed by atoms with Gasteiger partial charge in [-0.2, -0.15) is 0 Å². The van der Waals surface area contributed by atoms with E-state index in [4.69, 9.17) is 4.98 Å². The summed E-state index contributed by atoms with van der Waals surface area (Å²) in [5.74, 6) is 2.45. The molecular weight excluding hydrogens is 406 g/mol. The third kappa shape index (κ3) is 3.68. The van der Waals surface area contributed by atoms with Gasteiger partial charge < -0.3 is 14.8 Å². The smallest absolute Gasteiger partial charge is 0.239 e. The molecule has 0 spiro atoms. The molecule has 1 N–H and O–H groups in total. The van der Waals surface area contributed by atoms with E-state index in [1.54, 1.807) is 18.7 Å². The highest BCUT2D eigenvalue weighted by Crippen LogP contribution is 2.28. The fraction of sp³-hybridized carbons (Fsp3) is 0.545. The summed E-state index contributed by atoms with van der Waals surface area (Å²) in [5.41, 5.74) is 2.35. The van der Waals surface area contributed by atoms with Crippen LogP contribution in [0.5, 0.6) is 0 Å². The van der Waals surface area contributed by atoms with Gasteiger partial charge in [0.2, 0.25) is 5.91 Å². The van der Waals surface area contributed by atoms with E-state index in [0.717, 1.165) is 67.3 Å². The normalized spacial score (nSPS) is 21.5. The van der Waals surface area contributed by atoms with Crippen LogP contribution in [0.15, 0.2) is 18.7 Å². The molecule has 5 heterocycles. The second-order valence-electron chi connectivity index (χ2n) is 8.65. The quantitative estimate of drug-likeness (QED) is 0.646. The molecule has 2 atom stereocenters. The third-order valence-electron chi connectivity index (χ3n) is 6.53. The molecule has 168 valence electrons. The Morgan fingerprint density at radius 3 is 2.69 bits per heavy atom. The first kappa shape index (κ1) is 20.7. The number of fused-ring (bicyclic) bond motifs is 1. The first-order valence-electron chi connectivity index (χ1n) is 11.3. The molecule has 2 aliphatic heterocycles. The van der Waals surface area contributed by atoms with E-state index in [0.29, 0.717) is 12.4 Å². The van der Waals surface area contributed by atoms with Crippen LogP contribution in [0.25, 0.3) is 22.6 Å². The number of likely N-dealkylation sites (N-methyl/N-ethyl adjacent to an activating group) is 1. The van der Waals surface area contributed by atoms with Gasteiger partial charge in [0.15, 0.2) is 17.0 Å². The maximum absolute atomic E-state index is 12.9. The Kier molecular flexibility index (Phi) is 5.46. The number of aryl methyl sites for hydroxylation is 2. The summed E-state index contributed by atoms with van der Waals surface area (Å²) in [6.45, 7) is 7.10. The van der Waals surface area contributed by atoms with Crippen LogP contribution in [0.2, 0.25) is 0 Å². The van der Waals surface area contributed by atoms with Crippen LogP contribution in [0.1, 0.15) is 32.0 Å². The predicted octanol–water partition coefficient (Wildman–Crippen LogP) is 1.72. The van der Waals surface area contributed by atoms with Gasteiger partial charge in [-0.15, -0.1) is 0 Å². The van der Waals surface area contributed by atoms with Crippen molar-refractivity contribution >= 4 is 22.9 Å². The average Bonchev–Trinajstić information content (AvgIpc) is 3.52. The third-order valence-corrected chi connectivity index (χ3v) is 6.53. The first-order chi connectivity index (χ1) is 15.5. The summed E-state index contributed by atoms with van der Waals surface area (Å²) in [6.07, 6.45) is 8.08. The minimum absolute atomic E-state index is 0.0269. The van der Waals surface area contributed by atoms with Crippen LogP contribution in [-0.2, 0) is 11.3 Å². The molecule has 32 heavy (non-hydrogen) atoms. The largest absolute Gasteiger partial charge is 0.364 e. The van der Waals surface area contributed by atoms with Gasteiger partial charge in [-0.1, -0.05) is 0 Å². The van der Waals surface area contributed by atoms with E-state index in [1.165, 1.54) is 0 Å². The van der Waals surface area contributed by atoms with Crippen LogP contribution < -0.4 is 5.32 Å². The zero-order valence-electron chi connectivity index (χ0n) is 18.8. The van der Waals surface area contributed by atoms with Crippen molar-refractivity contribution < 1.29 is 4.79 Å². The molecular formula is C22H29N9O. The Hall–Kier alpha value is -3.14. The molecule has 1 amide bonds. The number of anilines is 1. The molecule has 0 aliphatic carbocycles. The highest BCUT2D eigenvalue weighted by molar-refractivity contribution is 5.86. The van der Waals surface area contributed by atoms with Gasteiger partial charge in [-0.25, -0.2) is 24.9 Å². The number of nitrogens with zero attached hydrogens (tertiary/aromatic N) is 8. The summed E-state index contributed by atoms with van der Waals surface area (Å²) < 4.78 is 2.05. The number of carbonyl (C=O) groups is 1. The average molecular weight is 436 g/mol. The van der Waals surface area contributed by atoms with Gasteiger partial charge in [0.1, 0.15) is 18.0 Å². The molecule has 3 aromatic heterocycles. The van der Waals surface area contributed by atoms with E-state index in [1.807, 2.05) is 18.9 Å². The lowest BCUT2D eigenvalue weighted by atomic mass is 10.2. The van der Waals surface area contributed by atoms with E-state index in [2.05, 4.69) is 41.6 Å². The Labute approximate surface area is 187 Å². The molecule has 0 unspecified atom stereocenters. The van der Waals surface area contributed by atoms with Gasteiger partial charge in [-0.05, 0) is 46.7 Å². The molecule has 0 radical (unpaired) electrons. The number of likely N-dealkylation sites (tertiary alicyclic amines) is 2. The highest BCUT2D eigenvalue weighted by Gasteiger charge is 2.35. The lowest BCUT2D eigenvalue weighted by Crippen LogP contribution is -2.44. The summed E-state index contributed by atoms with van der Waals surface area (Å²) in [6, 6.07) is 0.167. The lowest BCUT2D eigenvalue weighted by molar-refractivity contribution is -0.134. The van der Waals surface area contributed by atoms with E-state index >= 15 is 0 Å². The van der Waals surface area contributed by atoms with Gasteiger partial charge in [0, 0.05) is 38.1 Å². The Balaban J connectivity index is 1.38. The van der Waals surface area contributed by atoms with Crippen LogP contribution in [0.4, 0.5) is 5.82 Å². The highest BCUT2D eigenvalue weighted by atomic mass is 16.2. The molecule has 2 aliphatic rings. The Morgan fingerprint density at radius 1 is 1.16 bits per heavy atom. The molecule has 3 aromatic rings. The fourth-order valence-corrected chi connectivity index (χ4v) is 4.77. The monoisotopic (exact) mass is 435 g/mol. The molecule has 10 nitrogen and oxygen atoms in total. The lowest BCUT2D eigenvalue weighted by Gasteiger charge is -2.25. The number of amides is 1. The van der Waals surface area contributed by atoms with Gasteiger partial charge in [0.25, 0.3) is 0 Å². The molecule has 2 saturated heterocycles. The summed E-state index contributed by atoms with van der Waals surface area (Å²) in [4.78, 5) is 39.6. The molecule has 0 aromatic carbocycles. The predicted molar refractivity (Wildman–Crippen MR) is 121 cm³/mol. The molecule has 2 fully saturated rings. The molecule has 10 heteroatoms. The van der Waals surface area contributed by atoms with Crippen molar-refractivity contribution in [2.24, 2.45) is 0 Å². The molecule has 5 rings (SSSR count). The summed E-state index contributed by atoms with van der Waals surface area (Å²) in [7, 11) is 2.04. The van der Waals surface area contributed by atoms with Crippen molar-refractivity contribution in [3.63, 3.8) is 0 Å². The van der Waals surface area contributed by atoms with Gasteiger partial charge in [-0.3, -0.25) is 9.69 Å². The zero-order valence-corrected chi connectivity index (χ0v) is 18.8. The maximum Gasteiger partial charge on any atom is 0.239 e. The van der Waals surface area contributed by atoms with Crippen LogP contribution in [0.3, 0.4) is 0 Å². The van der Waals surface area contributed by atoms with Crippen LogP contribution in [0, 0.1) is 6.92 Å². The van der Waals surface area contributed by atoms with Crippen molar-refractivity contribution in [3.8, 4) is 11.4 Å². The zero-order chi connectivity index (χ0) is 22.2. The van der Waals surface area contributed by atoms with E-state index in [-0.39, 0.29) is 18.0 Å². The van der Waals surface area contributed by atoms with Crippen molar-refractivity contribution in [1.82, 2.24) is 39.3 Å². The number of hydrogen-bond donors (Lipinski definition) is 1. The number of carbonyl (C=O) groups excluding carboxylic acids is 1.